The van der Waals surface area contributed by atoms with E-state index in [0.29, 0.717) is 6.54 Å². The van der Waals surface area contributed by atoms with Gasteiger partial charge < -0.3 is 14.5 Å². The van der Waals surface area contributed by atoms with E-state index in [1.165, 1.54) is 11.8 Å². The Morgan fingerprint density at radius 1 is 1.13 bits per heavy atom. The summed E-state index contributed by atoms with van der Waals surface area (Å²) in [5.74, 6) is 0.986. The lowest BCUT2D eigenvalue weighted by atomic mass is 10.2. The predicted molar refractivity (Wildman–Crippen MR) is 123 cm³/mol. The molecular formula is C21H22N6OS2. The smallest absolute Gasteiger partial charge is 0.234 e. The van der Waals surface area contributed by atoms with E-state index in [-0.39, 0.29) is 11.7 Å². The minimum absolute atomic E-state index is 0.0691. The predicted octanol–water partition coefficient (Wildman–Crippen LogP) is 4.30. The van der Waals surface area contributed by atoms with Gasteiger partial charge in [0.1, 0.15) is 0 Å². The number of rotatable bonds is 7. The molecule has 30 heavy (non-hydrogen) atoms. The van der Waals surface area contributed by atoms with E-state index in [1.54, 1.807) is 18.1 Å². The van der Waals surface area contributed by atoms with Gasteiger partial charge in [0.25, 0.3) is 0 Å². The first-order chi connectivity index (χ1) is 14.6. The lowest BCUT2D eigenvalue weighted by Crippen LogP contribution is -2.14. The molecule has 2 heterocycles. The molecule has 0 saturated carbocycles. The Balaban J connectivity index is 1.47. The Labute approximate surface area is 183 Å². The summed E-state index contributed by atoms with van der Waals surface area (Å²) in [7, 11) is 1.97. The molecule has 0 aliphatic rings. The highest BCUT2D eigenvalue weighted by atomic mass is 32.2. The van der Waals surface area contributed by atoms with Crippen molar-refractivity contribution in [1.82, 2.24) is 24.3 Å². The number of carbonyl (C=O) groups is 1. The third-order valence-corrected chi connectivity index (χ3v) is 6.43. The molecule has 4 aromatic rings. The molecule has 154 valence electrons. The zero-order valence-corrected chi connectivity index (χ0v) is 18.6. The van der Waals surface area contributed by atoms with Crippen molar-refractivity contribution in [2.75, 3.05) is 17.3 Å². The van der Waals surface area contributed by atoms with E-state index < -0.39 is 0 Å². The average molecular weight is 439 g/mol. The molecule has 9 heteroatoms. The van der Waals surface area contributed by atoms with Crippen LogP contribution in [0, 0.1) is 0 Å². The second kappa shape index (κ2) is 8.93. The summed E-state index contributed by atoms with van der Waals surface area (Å²) < 4.78 is 4.01. The van der Waals surface area contributed by atoms with Crippen LogP contribution in [0.5, 0.6) is 0 Å². The van der Waals surface area contributed by atoms with Gasteiger partial charge in [-0.3, -0.25) is 4.79 Å². The fourth-order valence-electron chi connectivity index (χ4n) is 3.16. The monoisotopic (exact) mass is 438 g/mol. The highest BCUT2D eigenvalue weighted by molar-refractivity contribution is 7.99. The van der Waals surface area contributed by atoms with Crippen molar-refractivity contribution in [3.05, 3.63) is 48.8 Å². The summed E-state index contributed by atoms with van der Waals surface area (Å²) in [4.78, 5) is 17.9. The van der Waals surface area contributed by atoms with Crippen LogP contribution in [-0.2, 0) is 18.4 Å². The maximum atomic E-state index is 12.4. The van der Waals surface area contributed by atoms with Crippen LogP contribution in [0.4, 0.5) is 5.69 Å². The maximum Gasteiger partial charge on any atom is 0.234 e. The Morgan fingerprint density at radius 2 is 1.93 bits per heavy atom. The van der Waals surface area contributed by atoms with E-state index in [9.17, 15) is 4.79 Å². The molecule has 0 atom stereocenters. The van der Waals surface area contributed by atoms with Crippen molar-refractivity contribution in [1.29, 1.82) is 0 Å². The van der Waals surface area contributed by atoms with Gasteiger partial charge in [-0.2, -0.15) is 0 Å². The number of hydrogen-bond donors (Lipinski definition) is 1. The molecule has 2 aromatic heterocycles. The highest BCUT2D eigenvalue weighted by Crippen LogP contribution is 2.26. The molecule has 0 bridgehead atoms. The third kappa shape index (κ3) is 4.22. The Bertz CT molecular complexity index is 1180. The second-order valence-corrected chi connectivity index (χ2v) is 8.50. The number of carbonyl (C=O) groups excluding carboxylic acids is 1. The SMILES string of the molecule is CCn1c(SCC(=O)Nc2ccc(SC)cc2)nnc1-c1ccc2ncn(C)c2c1. The molecule has 0 saturated heterocycles. The molecule has 0 aliphatic carbocycles. The molecule has 0 fully saturated rings. The van der Waals surface area contributed by atoms with Gasteiger partial charge in [0.2, 0.25) is 5.91 Å². The first-order valence-electron chi connectivity index (χ1n) is 9.50. The van der Waals surface area contributed by atoms with Gasteiger partial charge in [-0.1, -0.05) is 11.8 Å². The zero-order valence-electron chi connectivity index (χ0n) is 17.0. The van der Waals surface area contributed by atoms with Gasteiger partial charge in [-0.25, -0.2) is 4.98 Å². The molecule has 4 rings (SSSR count). The van der Waals surface area contributed by atoms with Gasteiger partial charge in [-0.05, 0) is 55.6 Å². The van der Waals surface area contributed by atoms with Gasteiger partial charge in [0, 0.05) is 29.7 Å². The quantitative estimate of drug-likeness (QED) is 0.434. The number of nitrogens with one attached hydrogen (secondary N) is 1. The van der Waals surface area contributed by atoms with Crippen LogP contribution in [-0.4, -0.2) is 42.2 Å². The summed E-state index contributed by atoms with van der Waals surface area (Å²) in [5.41, 5.74) is 3.76. The minimum atomic E-state index is -0.0691. The number of fused-ring (bicyclic) bond motifs is 1. The molecule has 0 unspecified atom stereocenters. The number of benzene rings is 2. The Morgan fingerprint density at radius 3 is 2.67 bits per heavy atom. The second-order valence-electron chi connectivity index (χ2n) is 6.67. The summed E-state index contributed by atoms with van der Waals surface area (Å²) in [6, 6.07) is 13.9. The van der Waals surface area contributed by atoms with Gasteiger partial charge in [-0.15, -0.1) is 22.0 Å². The van der Waals surface area contributed by atoms with Crippen LogP contribution >= 0.6 is 23.5 Å². The number of nitrogens with zero attached hydrogens (tertiary/aromatic N) is 5. The number of imidazole rings is 1. The first-order valence-corrected chi connectivity index (χ1v) is 11.7. The summed E-state index contributed by atoms with van der Waals surface area (Å²) >= 11 is 3.06. The van der Waals surface area contributed by atoms with E-state index >= 15 is 0 Å². The van der Waals surface area contributed by atoms with E-state index in [0.717, 1.165) is 38.2 Å². The number of amides is 1. The number of aromatic nitrogens is 5. The molecule has 0 spiro atoms. The largest absolute Gasteiger partial charge is 0.334 e. The fourth-order valence-corrected chi connectivity index (χ4v) is 4.37. The van der Waals surface area contributed by atoms with Crippen LogP contribution < -0.4 is 5.32 Å². The number of thioether (sulfide) groups is 2. The fraction of sp³-hybridized carbons (Fsp3) is 0.238. The van der Waals surface area contributed by atoms with Crippen molar-refractivity contribution < 1.29 is 4.79 Å². The number of aryl methyl sites for hydroxylation is 1. The summed E-state index contributed by atoms with van der Waals surface area (Å²) in [6.45, 7) is 2.76. The van der Waals surface area contributed by atoms with Crippen LogP contribution in [0.1, 0.15) is 6.92 Å². The lowest BCUT2D eigenvalue weighted by molar-refractivity contribution is -0.113. The third-order valence-electron chi connectivity index (χ3n) is 4.72. The van der Waals surface area contributed by atoms with Gasteiger partial charge in [0.15, 0.2) is 11.0 Å². The Hall–Kier alpha value is -2.78. The van der Waals surface area contributed by atoms with Gasteiger partial charge >= 0.3 is 0 Å². The van der Waals surface area contributed by atoms with Crippen LogP contribution in [0.15, 0.2) is 58.8 Å². The lowest BCUT2D eigenvalue weighted by Gasteiger charge is -2.08. The molecule has 7 nitrogen and oxygen atoms in total. The van der Waals surface area contributed by atoms with Crippen molar-refractivity contribution >= 4 is 46.2 Å². The zero-order chi connectivity index (χ0) is 21.1. The molecule has 0 aliphatic heterocycles. The summed E-state index contributed by atoms with van der Waals surface area (Å²) in [5, 5.41) is 12.4. The molecular weight excluding hydrogens is 416 g/mol. The molecule has 0 radical (unpaired) electrons. The first kappa shape index (κ1) is 20.5. The van der Waals surface area contributed by atoms with Crippen LogP contribution in [0.25, 0.3) is 22.4 Å². The van der Waals surface area contributed by atoms with Crippen molar-refractivity contribution in [3.63, 3.8) is 0 Å². The number of hydrogen-bond acceptors (Lipinski definition) is 6. The highest BCUT2D eigenvalue weighted by Gasteiger charge is 2.15. The molecule has 1 N–H and O–H groups in total. The van der Waals surface area contributed by atoms with Crippen molar-refractivity contribution in [2.24, 2.45) is 7.05 Å². The molecule has 1 amide bonds. The maximum absolute atomic E-state index is 12.4. The van der Waals surface area contributed by atoms with E-state index in [4.69, 9.17) is 0 Å². The average Bonchev–Trinajstić information content (AvgIpc) is 3.35. The van der Waals surface area contributed by atoms with Crippen LogP contribution in [0.2, 0.25) is 0 Å². The summed E-state index contributed by atoms with van der Waals surface area (Å²) in [6.07, 6.45) is 3.82. The standard InChI is InChI=1S/C21H22N6OS2/c1-4-27-20(14-5-10-17-18(11-14)26(2)13-22-17)24-25-21(27)30-12-19(28)23-15-6-8-16(29-3)9-7-15/h5-11,13H,4,12H2,1-3H3,(H,23,28). The normalized spacial score (nSPS) is 11.2. The van der Waals surface area contributed by atoms with Crippen molar-refractivity contribution in [2.45, 2.75) is 23.5 Å². The minimum Gasteiger partial charge on any atom is -0.334 e. The van der Waals surface area contributed by atoms with E-state index in [2.05, 4.69) is 26.6 Å². The van der Waals surface area contributed by atoms with E-state index in [1.807, 2.05) is 65.8 Å². The van der Waals surface area contributed by atoms with Gasteiger partial charge in [0.05, 0.1) is 23.1 Å². The topological polar surface area (TPSA) is 77.6 Å². The van der Waals surface area contributed by atoms with Crippen LogP contribution in [0.3, 0.4) is 0 Å². The molecule has 2 aromatic carbocycles. The Kier molecular flexibility index (Phi) is 6.10. The number of anilines is 1. The van der Waals surface area contributed by atoms with Crippen molar-refractivity contribution in [3.8, 4) is 11.4 Å².